The van der Waals surface area contributed by atoms with Crippen LogP contribution in [0, 0.1) is 0 Å². The Morgan fingerprint density at radius 1 is 1.67 bits per heavy atom. The Labute approximate surface area is 70.8 Å². The Kier molecular flexibility index (Phi) is 1.60. The number of nitrogens with zero attached hydrogens (tertiary/aromatic N) is 2. The number of aryl methyl sites for hydroxylation is 1. The van der Waals surface area contributed by atoms with Gasteiger partial charge in [-0.3, -0.25) is 0 Å². The van der Waals surface area contributed by atoms with Gasteiger partial charge in [-0.15, -0.1) is 0 Å². The first kappa shape index (κ1) is 7.34. The lowest BCUT2D eigenvalue weighted by Gasteiger charge is -1.95. The average molecular weight is 166 g/mol. The van der Waals surface area contributed by atoms with E-state index in [9.17, 15) is 4.79 Å². The smallest absolute Gasteiger partial charge is 0.315 e. The molecule has 1 saturated carbocycles. The molecule has 4 heteroatoms. The van der Waals surface area contributed by atoms with Gasteiger partial charge in [-0.25, -0.2) is 9.36 Å². The van der Waals surface area contributed by atoms with E-state index in [2.05, 4.69) is 5.32 Å². The molecule has 1 fully saturated rings. The highest BCUT2D eigenvalue weighted by Gasteiger charge is 2.25. The lowest BCUT2D eigenvalue weighted by atomic mass is 10.7. The first-order valence-corrected chi connectivity index (χ1v) is 4.10. The van der Waals surface area contributed by atoms with E-state index in [1.54, 1.807) is 17.1 Å². The number of amides is 1. The van der Waals surface area contributed by atoms with E-state index in [-0.39, 0.29) is 6.03 Å². The first-order valence-electron chi connectivity index (χ1n) is 4.10. The van der Waals surface area contributed by atoms with E-state index >= 15 is 0 Å². The molecule has 4 nitrogen and oxygen atoms in total. The summed E-state index contributed by atoms with van der Waals surface area (Å²) in [5, 5.41) is 2.89. The molecule has 12 heavy (non-hydrogen) atoms. The Hall–Kier alpha value is -1.32. The van der Waals surface area contributed by atoms with Gasteiger partial charge in [0.1, 0.15) is 12.4 Å². The Morgan fingerprint density at radius 2 is 2.42 bits per heavy atom. The maximum atomic E-state index is 11.3. The fourth-order valence-corrected chi connectivity index (χ4v) is 1.05. The summed E-state index contributed by atoms with van der Waals surface area (Å²) in [5.74, 6) is 0. The van der Waals surface area contributed by atoms with Gasteiger partial charge in [0.2, 0.25) is 0 Å². The highest BCUT2D eigenvalue weighted by Crippen LogP contribution is 2.18. The van der Waals surface area contributed by atoms with Crippen LogP contribution in [0.2, 0.25) is 0 Å². The quantitative estimate of drug-likeness (QED) is 0.587. The molecule has 1 aliphatic rings. The second kappa shape index (κ2) is 2.62. The minimum absolute atomic E-state index is 0.0295. The second-order valence-corrected chi connectivity index (χ2v) is 3.21. The maximum Gasteiger partial charge on any atom is 0.413 e. The molecule has 0 radical (unpaired) electrons. The fourth-order valence-electron chi connectivity index (χ4n) is 1.05. The van der Waals surface area contributed by atoms with E-state index in [1.807, 2.05) is 17.8 Å². The van der Waals surface area contributed by atoms with Gasteiger partial charge in [0.25, 0.3) is 6.33 Å². The molecule has 0 spiro atoms. The molecule has 0 aliphatic heterocycles. The molecule has 1 heterocycles. The number of hydrogen-bond acceptors (Lipinski definition) is 1. The highest BCUT2D eigenvalue weighted by atomic mass is 16.2. The molecule has 2 rings (SSSR count). The molecule has 0 bridgehead atoms. The van der Waals surface area contributed by atoms with Crippen LogP contribution in [0.4, 0.5) is 4.79 Å². The van der Waals surface area contributed by atoms with Crippen molar-refractivity contribution in [1.82, 2.24) is 9.88 Å². The fraction of sp³-hybridized carbons (Fsp3) is 0.500. The molecule has 64 valence electrons. The van der Waals surface area contributed by atoms with Gasteiger partial charge in [0.15, 0.2) is 0 Å². The van der Waals surface area contributed by atoms with Crippen LogP contribution in [0.5, 0.6) is 0 Å². The topological polar surface area (TPSA) is 37.9 Å². The predicted molar refractivity (Wildman–Crippen MR) is 42.6 cm³/mol. The summed E-state index contributed by atoms with van der Waals surface area (Å²) in [7, 11) is 1.89. The second-order valence-electron chi connectivity index (χ2n) is 3.21. The summed E-state index contributed by atoms with van der Waals surface area (Å²) >= 11 is 0. The van der Waals surface area contributed by atoms with Gasteiger partial charge >= 0.3 is 6.03 Å². The van der Waals surface area contributed by atoms with Crippen molar-refractivity contribution in [3.8, 4) is 0 Å². The molecule has 1 aromatic heterocycles. The van der Waals surface area contributed by atoms with Crippen molar-refractivity contribution in [3.05, 3.63) is 18.7 Å². The molecule has 1 aromatic rings. The number of hydrogen-bond donors (Lipinski definition) is 1. The van der Waals surface area contributed by atoms with Gasteiger partial charge in [0, 0.05) is 6.04 Å². The third-order valence-corrected chi connectivity index (χ3v) is 1.91. The van der Waals surface area contributed by atoms with E-state index in [0.717, 1.165) is 12.8 Å². The zero-order valence-electron chi connectivity index (χ0n) is 7.03. The van der Waals surface area contributed by atoms with Crippen LogP contribution in [-0.4, -0.2) is 16.6 Å². The number of carbonyl (C=O) groups is 1. The molecule has 0 unspecified atom stereocenters. The molecular weight excluding hydrogens is 154 g/mol. The molecule has 0 saturated heterocycles. The van der Waals surface area contributed by atoms with E-state index < -0.39 is 0 Å². The van der Waals surface area contributed by atoms with Crippen molar-refractivity contribution in [2.45, 2.75) is 18.9 Å². The van der Waals surface area contributed by atoms with Crippen LogP contribution >= 0.6 is 0 Å². The van der Waals surface area contributed by atoms with Crippen molar-refractivity contribution in [2.75, 3.05) is 0 Å². The van der Waals surface area contributed by atoms with Crippen molar-refractivity contribution in [3.63, 3.8) is 0 Å². The molecule has 1 amide bonds. The van der Waals surface area contributed by atoms with Crippen molar-refractivity contribution in [1.29, 1.82) is 0 Å². The first-order chi connectivity index (χ1) is 5.75. The van der Waals surface area contributed by atoms with Crippen LogP contribution in [0.1, 0.15) is 12.8 Å². The third kappa shape index (κ3) is 1.47. The number of carbonyl (C=O) groups excluding carboxylic acids is 1. The van der Waals surface area contributed by atoms with Crippen LogP contribution in [0.25, 0.3) is 0 Å². The summed E-state index contributed by atoms with van der Waals surface area (Å²) in [6.45, 7) is 0. The van der Waals surface area contributed by atoms with E-state index in [4.69, 9.17) is 0 Å². The third-order valence-electron chi connectivity index (χ3n) is 1.91. The minimum atomic E-state index is -0.0295. The van der Waals surface area contributed by atoms with Crippen molar-refractivity contribution >= 4 is 6.03 Å². The number of rotatable bonds is 1. The lowest BCUT2D eigenvalue weighted by molar-refractivity contribution is -0.670. The van der Waals surface area contributed by atoms with Gasteiger partial charge < -0.3 is 5.32 Å². The normalized spacial score (nSPS) is 16.1. The van der Waals surface area contributed by atoms with Gasteiger partial charge in [0.05, 0.1) is 7.05 Å². The van der Waals surface area contributed by atoms with Crippen LogP contribution in [0.15, 0.2) is 18.7 Å². The number of imidazole rings is 1. The molecular formula is C8H12N3O+. The van der Waals surface area contributed by atoms with E-state index in [1.165, 1.54) is 0 Å². The number of aromatic nitrogens is 2. The summed E-state index contributed by atoms with van der Waals surface area (Å²) in [4.78, 5) is 11.3. The molecule has 0 aromatic carbocycles. The summed E-state index contributed by atoms with van der Waals surface area (Å²) in [6.07, 6.45) is 7.58. The van der Waals surface area contributed by atoms with Crippen molar-refractivity contribution in [2.24, 2.45) is 7.05 Å². The lowest BCUT2D eigenvalue weighted by Crippen LogP contribution is -2.31. The summed E-state index contributed by atoms with van der Waals surface area (Å²) in [5.41, 5.74) is 0. The summed E-state index contributed by atoms with van der Waals surface area (Å²) < 4.78 is 3.39. The molecule has 1 N–H and O–H groups in total. The maximum absolute atomic E-state index is 11.3. The van der Waals surface area contributed by atoms with Crippen LogP contribution < -0.4 is 9.88 Å². The zero-order chi connectivity index (χ0) is 8.55. The van der Waals surface area contributed by atoms with Crippen molar-refractivity contribution < 1.29 is 9.36 Å². The standard InChI is InChI=1S/C8H11N3O/c1-10-4-5-11(6-10)8(12)9-7-2-3-7/h4-7H,2-3H2,1H3/p+1. The van der Waals surface area contributed by atoms with Crippen LogP contribution in [0.3, 0.4) is 0 Å². The zero-order valence-corrected chi connectivity index (χ0v) is 7.03. The average Bonchev–Trinajstić information content (AvgIpc) is 2.72. The monoisotopic (exact) mass is 166 g/mol. The Balaban J connectivity index is 2.03. The van der Waals surface area contributed by atoms with E-state index in [0.29, 0.717) is 6.04 Å². The SMILES string of the molecule is C[n+]1ccn(C(=O)NC2CC2)c1. The largest absolute Gasteiger partial charge is 0.413 e. The minimum Gasteiger partial charge on any atom is -0.315 e. The number of nitrogens with one attached hydrogen (secondary N) is 1. The highest BCUT2D eigenvalue weighted by molar-refractivity contribution is 5.76. The molecule has 1 aliphatic carbocycles. The Bertz CT molecular complexity index is 301. The molecule has 0 atom stereocenters. The van der Waals surface area contributed by atoms with Gasteiger partial charge in [-0.2, -0.15) is 4.57 Å². The van der Waals surface area contributed by atoms with Gasteiger partial charge in [-0.05, 0) is 12.8 Å². The van der Waals surface area contributed by atoms with Crippen LogP contribution in [-0.2, 0) is 7.05 Å². The van der Waals surface area contributed by atoms with Gasteiger partial charge in [-0.1, -0.05) is 0 Å². The predicted octanol–water partition coefficient (Wildman–Crippen LogP) is 0.0327. The Morgan fingerprint density at radius 3 is 2.92 bits per heavy atom. The summed E-state index contributed by atoms with van der Waals surface area (Å²) in [6, 6.07) is 0.392.